The second kappa shape index (κ2) is 10.8. The van der Waals surface area contributed by atoms with Crippen LogP contribution in [-0.2, 0) is 13.0 Å². The number of urea groups is 1. The van der Waals surface area contributed by atoms with Crippen LogP contribution in [0.2, 0.25) is 0 Å². The van der Waals surface area contributed by atoms with Crippen LogP contribution in [-0.4, -0.2) is 22.1 Å². The lowest BCUT2D eigenvalue weighted by Gasteiger charge is -2.12. The van der Waals surface area contributed by atoms with E-state index in [1.807, 2.05) is 18.2 Å². The third-order valence-corrected chi connectivity index (χ3v) is 6.00. The van der Waals surface area contributed by atoms with Gasteiger partial charge in [0, 0.05) is 25.2 Å². The Balaban J connectivity index is 1.63. The molecule has 1 heterocycles. The Labute approximate surface area is 201 Å². The van der Waals surface area contributed by atoms with Crippen LogP contribution < -0.4 is 10.6 Å². The van der Waals surface area contributed by atoms with Crippen molar-refractivity contribution < 1.29 is 4.79 Å². The number of carbonyl (C=O) groups is 1. The zero-order valence-electron chi connectivity index (χ0n) is 20.0. The highest BCUT2D eigenvalue weighted by atomic mass is 16.2. The average molecular weight is 453 g/mol. The molecule has 0 aliphatic carbocycles. The summed E-state index contributed by atoms with van der Waals surface area (Å²) in [6.07, 6.45) is 4.78. The summed E-state index contributed by atoms with van der Waals surface area (Å²) < 4.78 is 2.28. The molecule has 2 amide bonds. The topological polar surface area (TPSA) is 59.0 Å². The van der Waals surface area contributed by atoms with Gasteiger partial charge in [-0.1, -0.05) is 68.0 Å². The van der Waals surface area contributed by atoms with Crippen molar-refractivity contribution in [3.63, 3.8) is 0 Å². The Bertz CT molecular complexity index is 1290. The first-order valence-corrected chi connectivity index (χ1v) is 11.9. The van der Waals surface area contributed by atoms with Crippen LogP contribution in [0.15, 0.2) is 79.4 Å². The highest BCUT2D eigenvalue weighted by molar-refractivity contribution is 5.92. The molecule has 4 aromatic rings. The summed E-state index contributed by atoms with van der Waals surface area (Å²) in [5, 5.41) is 5.65. The lowest BCUT2D eigenvalue weighted by Crippen LogP contribution is -2.28. The Kier molecular flexibility index (Phi) is 7.43. The van der Waals surface area contributed by atoms with E-state index >= 15 is 0 Å². The Morgan fingerprint density at radius 3 is 2.62 bits per heavy atom. The number of anilines is 1. The summed E-state index contributed by atoms with van der Waals surface area (Å²) >= 11 is 0. The van der Waals surface area contributed by atoms with Gasteiger partial charge >= 0.3 is 6.03 Å². The van der Waals surface area contributed by atoms with Crippen molar-refractivity contribution in [1.82, 2.24) is 14.9 Å². The third kappa shape index (κ3) is 5.37. The van der Waals surface area contributed by atoms with Gasteiger partial charge in [0.1, 0.15) is 5.82 Å². The van der Waals surface area contributed by atoms with E-state index in [-0.39, 0.29) is 6.03 Å². The van der Waals surface area contributed by atoms with Crippen LogP contribution in [0.4, 0.5) is 10.5 Å². The monoisotopic (exact) mass is 452 g/mol. The first kappa shape index (κ1) is 23.3. The molecule has 174 valence electrons. The van der Waals surface area contributed by atoms with Crippen LogP contribution in [0.1, 0.15) is 36.7 Å². The van der Waals surface area contributed by atoms with Crippen LogP contribution in [0.3, 0.4) is 0 Å². The number of carbonyl (C=O) groups excluding carboxylic acids is 1. The lowest BCUT2D eigenvalue weighted by atomic mass is 9.99. The molecule has 34 heavy (non-hydrogen) atoms. The molecule has 5 heteroatoms. The van der Waals surface area contributed by atoms with E-state index < -0.39 is 0 Å². The lowest BCUT2D eigenvalue weighted by molar-refractivity contribution is 0.253. The molecule has 0 radical (unpaired) electrons. The molecule has 0 saturated carbocycles. The predicted octanol–water partition coefficient (Wildman–Crippen LogP) is 6.71. The summed E-state index contributed by atoms with van der Waals surface area (Å²) in [5.41, 5.74) is 7.69. The number of unbranched alkanes of at least 4 members (excludes halogenated alkanes) is 1. The van der Waals surface area contributed by atoms with E-state index in [1.54, 1.807) is 6.08 Å². The van der Waals surface area contributed by atoms with Gasteiger partial charge < -0.3 is 15.2 Å². The van der Waals surface area contributed by atoms with Crippen molar-refractivity contribution in [2.24, 2.45) is 0 Å². The highest BCUT2D eigenvalue weighted by Gasteiger charge is 2.13. The fourth-order valence-electron chi connectivity index (χ4n) is 4.16. The zero-order valence-corrected chi connectivity index (χ0v) is 20.0. The Morgan fingerprint density at radius 1 is 1.09 bits per heavy atom. The van der Waals surface area contributed by atoms with Gasteiger partial charge in [0.15, 0.2) is 0 Å². The SMILES string of the molecule is C=CCNC(=O)Nc1ccc2nc(CCCC)n(Cc3ccc(-c4ccccc4C)cc3)c2c1. The first-order valence-electron chi connectivity index (χ1n) is 11.9. The minimum Gasteiger partial charge on any atom is -0.334 e. The second-order valence-corrected chi connectivity index (χ2v) is 8.56. The van der Waals surface area contributed by atoms with Gasteiger partial charge in [0.05, 0.1) is 11.0 Å². The number of rotatable bonds is 9. The average Bonchev–Trinajstić information content (AvgIpc) is 3.18. The molecule has 2 N–H and O–H groups in total. The minimum atomic E-state index is -0.247. The Morgan fingerprint density at radius 2 is 1.88 bits per heavy atom. The third-order valence-electron chi connectivity index (χ3n) is 6.00. The number of benzene rings is 3. The summed E-state index contributed by atoms with van der Waals surface area (Å²) in [7, 11) is 0. The maximum absolute atomic E-state index is 12.1. The first-order chi connectivity index (χ1) is 16.6. The second-order valence-electron chi connectivity index (χ2n) is 8.56. The van der Waals surface area contributed by atoms with E-state index in [2.05, 4.69) is 84.2 Å². The van der Waals surface area contributed by atoms with Crippen molar-refractivity contribution >= 4 is 22.8 Å². The number of nitrogens with zero attached hydrogens (tertiary/aromatic N) is 2. The maximum atomic E-state index is 12.1. The standard InChI is InChI=1S/C29H32N4O/c1-4-6-11-28-32-26-17-16-24(31-29(34)30-18-5-2)19-27(26)33(28)20-22-12-14-23(15-13-22)25-10-8-7-9-21(25)3/h5,7-10,12-17,19H,2,4,6,11,18,20H2,1,3H3,(H2,30,31,34). The summed E-state index contributed by atoms with van der Waals surface area (Å²) in [5.74, 6) is 1.08. The molecule has 0 aliphatic rings. The molecule has 0 spiro atoms. The molecule has 5 nitrogen and oxygen atoms in total. The number of amides is 2. The van der Waals surface area contributed by atoms with Crippen LogP contribution in [0.5, 0.6) is 0 Å². The molecule has 1 aromatic heterocycles. The molecule has 0 aliphatic heterocycles. The maximum Gasteiger partial charge on any atom is 0.319 e. The number of hydrogen-bond acceptors (Lipinski definition) is 2. The van der Waals surface area contributed by atoms with E-state index in [9.17, 15) is 4.79 Å². The summed E-state index contributed by atoms with van der Waals surface area (Å²) in [4.78, 5) is 17.0. The zero-order chi connectivity index (χ0) is 23.9. The fourth-order valence-corrected chi connectivity index (χ4v) is 4.16. The minimum absolute atomic E-state index is 0.247. The van der Waals surface area contributed by atoms with E-state index in [0.29, 0.717) is 6.54 Å². The number of aryl methyl sites for hydroxylation is 2. The molecule has 0 fully saturated rings. The van der Waals surface area contributed by atoms with Crippen molar-refractivity contribution in [2.45, 2.75) is 39.7 Å². The van der Waals surface area contributed by atoms with E-state index in [1.165, 1.54) is 22.3 Å². The highest BCUT2D eigenvalue weighted by Crippen LogP contribution is 2.26. The largest absolute Gasteiger partial charge is 0.334 e. The molecular weight excluding hydrogens is 420 g/mol. The van der Waals surface area contributed by atoms with Gasteiger partial charge in [-0.25, -0.2) is 9.78 Å². The summed E-state index contributed by atoms with van der Waals surface area (Å²) in [6.45, 7) is 9.12. The Hall–Kier alpha value is -3.86. The van der Waals surface area contributed by atoms with Crippen molar-refractivity contribution in [3.05, 3.63) is 96.3 Å². The number of hydrogen-bond donors (Lipinski definition) is 2. The van der Waals surface area contributed by atoms with E-state index in [0.717, 1.165) is 48.4 Å². The number of aromatic nitrogens is 2. The van der Waals surface area contributed by atoms with Crippen LogP contribution >= 0.6 is 0 Å². The van der Waals surface area contributed by atoms with Crippen molar-refractivity contribution in [3.8, 4) is 11.1 Å². The molecule has 4 rings (SSSR count). The molecule has 0 atom stereocenters. The molecule has 3 aromatic carbocycles. The van der Waals surface area contributed by atoms with Crippen LogP contribution in [0, 0.1) is 6.92 Å². The van der Waals surface area contributed by atoms with Crippen molar-refractivity contribution in [1.29, 1.82) is 0 Å². The van der Waals surface area contributed by atoms with Crippen LogP contribution in [0.25, 0.3) is 22.2 Å². The smallest absolute Gasteiger partial charge is 0.319 e. The molecule has 0 bridgehead atoms. The molecule has 0 unspecified atom stereocenters. The number of nitrogens with one attached hydrogen (secondary N) is 2. The fraction of sp³-hybridized carbons (Fsp3) is 0.241. The molecule has 0 saturated heterocycles. The van der Waals surface area contributed by atoms with Gasteiger partial charge in [-0.15, -0.1) is 6.58 Å². The van der Waals surface area contributed by atoms with E-state index in [4.69, 9.17) is 4.98 Å². The number of fused-ring (bicyclic) bond motifs is 1. The predicted molar refractivity (Wildman–Crippen MR) is 141 cm³/mol. The van der Waals surface area contributed by atoms with Gasteiger partial charge in [-0.2, -0.15) is 0 Å². The summed E-state index contributed by atoms with van der Waals surface area (Å²) in [6, 6.07) is 22.9. The van der Waals surface area contributed by atoms with Crippen molar-refractivity contribution in [2.75, 3.05) is 11.9 Å². The number of imidazole rings is 1. The molecular formula is C29H32N4O. The normalized spacial score (nSPS) is 10.9. The van der Waals surface area contributed by atoms with Gasteiger partial charge in [0.25, 0.3) is 0 Å². The van der Waals surface area contributed by atoms with Gasteiger partial charge in [-0.05, 0) is 53.8 Å². The van der Waals surface area contributed by atoms with Gasteiger partial charge in [0.2, 0.25) is 0 Å². The quantitative estimate of drug-likeness (QED) is 0.277. The van der Waals surface area contributed by atoms with Gasteiger partial charge in [-0.3, -0.25) is 0 Å².